The van der Waals surface area contributed by atoms with Gasteiger partial charge < -0.3 is 14.5 Å². The predicted molar refractivity (Wildman–Crippen MR) is 85.8 cm³/mol. The van der Waals surface area contributed by atoms with Crippen LogP contribution in [0.1, 0.15) is 12.5 Å². The molecule has 6 heteroatoms. The number of rotatable bonds is 3. The molecule has 0 N–H and O–H groups in total. The highest BCUT2D eigenvalue weighted by atomic mass is 16.6. The monoisotopic (exact) mass is 317 g/mol. The number of likely N-dealkylation sites (tertiary alicyclic amines) is 1. The largest absolute Gasteiger partial charge is 0.445 e. The molecular formula is C17H23N3O3. The fraction of sp³-hybridized carbons (Fsp3) is 0.529. The molecule has 2 aliphatic rings. The topological polar surface area (TPSA) is 53.1 Å². The lowest BCUT2D eigenvalue weighted by Gasteiger charge is -2.47. The first-order chi connectivity index (χ1) is 11.1. The number of carbonyl (C=O) groups excluding carboxylic acids is 2. The van der Waals surface area contributed by atoms with Crippen molar-refractivity contribution in [3.8, 4) is 0 Å². The molecule has 0 spiro atoms. The zero-order valence-electron chi connectivity index (χ0n) is 13.5. The molecule has 0 radical (unpaired) electrons. The molecular weight excluding hydrogens is 294 g/mol. The molecule has 1 aromatic rings. The van der Waals surface area contributed by atoms with E-state index in [-0.39, 0.29) is 12.0 Å². The fourth-order valence-electron chi connectivity index (χ4n) is 3.05. The van der Waals surface area contributed by atoms with Crippen molar-refractivity contribution in [2.24, 2.45) is 0 Å². The van der Waals surface area contributed by atoms with E-state index in [4.69, 9.17) is 4.74 Å². The summed E-state index contributed by atoms with van der Waals surface area (Å²) in [7, 11) is 0. The zero-order chi connectivity index (χ0) is 16.2. The Bertz CT molecular complexity index is 549. The van der Waals surface area contributed by atoms with Crippen LogP contribution in [0.2, 0.25) is 0 Å². The Balaban J connectivity index is 1.37. The number of carbonyl (C=O) groups is 2. The second kappa shape index (κ2) is 7.00. The van der Waals surface area contributed by atoms with Crippen LogP contribution in [0.25, 0.3) is 0 Å². The molecule has 0 atom stereocenters. The zero-order valence-corrected chi connectivity index (χ0v) is 13.5. The van der Waals surface area contributed by atoms with Gasteiger partial charge in [0.15, 0.2) is 0 Å². The average Bonchev–Trinajstić information content (AvgIpc) is 2.53. The number of benzene rings is 1. The maximum atomic E-state index is 12.0. The van der Waals surface area contributed by atoms with Crippen LogP contribution in [0.3, 0.4) is 0 Å². The summed E-state index contributed by atoms with van der Waals surface area (Å²) < 4.78 is 5.33. The minimum absolute atomic E-state index is 0.143. The van der Waals surface area contributed by atoms with Crippen LogP contribution in [-0.2, 0) is 16.1 Å². The Hall–Kier alpha value is -2.08. The first kappa shape index (κ1) is 15.8. The molecule has 2 aliphatic heterocycles. The molecule has 3 rings (SSSR count). The van der Waals surface area contributed by atoms with Crippen molar-refractivity contribution < 1.29 is 14.3 Å². The van der Waals surface area contributed by atoms with Crippen LogP contribution in [0.4, 0.5) is 4.79 Å². The third-order valence-electron chi connectivity index (χ3n) is 4.60. The van der Waals surface area contributed by atoms with Crippen molar-refractivity contribution in [1.29, 1.82) is 0 Å². The van der Waals surface area contributed by atoms with Crippen LogP contribution in [0.5, 0.6) is 0 Å². The van der Waals surface area contributed by atoms with E-state index in [1.807, 2.05) is 35.2 Å². The van der Waals surface area contributed by atoms with Gasteiger partial charge in [-0.3, -0.25) is 9.69 Å². The van der Waals surface area contributed by atoms with Crippen molar-refractivity contribution in [2.75, 3.05) is 39.3 Å². The Labute approximate surface area is 136 Å². The van der Waals surface area contributed by atoms with Crippen LogP contribution in [0.15, 0.2) is 30.3 Å². The third-order valence-corrected chi connectivity index (χ3v) is 4.60. The van der Waals surface area contributed by atoms with Gasteiger partial charge in [-0.2, -0.15) is 0 Å². The number of piperazine rings is 1. The molecule has 2 amide bonds. The molecule has 6 nitrogen and oxygen atoms in total. The lowest BCUT2D eigenvalue weighted by Crippen LogP contribution is -2.64. The van der Waals surface area contributed by atoms with Crippen LogP contribution < -0.4 is 0 Å². The second-order valence-electron chi connectivity index (χ2n) is 6.14. The van der Waals surface area contributed by atoms with Gasteiger partial charge in [0.1, 0.15) is 6.61 Å². The minimum Gasteiger partial charge on any atom is -0.445 e. The Morgan fingerprint density at radius 1 is 1.04 bits per heavy atom. The molecule has 2 fully saturated rings. The van der Waals surface area contributed by atoms with Gasteiger partial charge in [-0.25, -0.2) is 4.79 Å². The standard InChI is InChI=1S/C17H23N3O3/c1-14(21)18-7-9-19(10-8-18)16-11-20(12-16)17(22)23-13-15-5-3-2-4-6-15/h2-6,16H,7-13H2,1H3. The van der Waals surface area contributed by atoms with Crippen molar-refractivity contribution in [3.05, 3.63) is 35.9 Å². The van der Waals surface area contributed by atoms with E-state index < -0.39 is 0 Å². The normalized spacial score (nSPS) is 19.3. The Morgan fingerprint density at radius 3 is 2.30 bits per heavy atom. The summed E-state index contributed by atoms with van der Waals surface area (Å²) in [6, 6.07) is 10.1. The molecule has 0 saturated carbocycles. The van der Waals surface area contributed by atoms with E-state index in [2.05, 4.69) is 4.90 Å². The molecule has 0 aromatic heterocycles. The van der Waals surface area contributed by atoms with Gasteiger partial charge in [-0.15, -0.1) is 0 Å². The van der Waals surface area contributed by atoms with E-state index in [9.17, 15) is 9.59 Å². The summed E-state index contributed by atoms with van der Waals surface area (Å²) in [6.45, 7) is 6.70. The van der Waals surface area contributed by atoms with E-state index in [1.54, 1.807) is 11.8 Å². The SMILES string of the molecule is CC(=O)N1CCN(C2CN(C(=O)OCc3ccccc3)C2)CC1. The van der Waals surface area contributed by atoms with Crippen molar-refractivity contribution in [1.82, 2.24) is 14.7 Å². The van der Waals surface area contributed by atoms with E-state index >= 15 is 0 Å². The van der Waals surface area contributed by atoms with Crippen molar-refractivity contribution in [3.63, 3.8) is 0 Å². The molecule has 2 heterocycles. The summed E-state index contributed by atoms with van der Waals surface area (Å²) in [5.74, 6) is 0.143. The van der Waals surface area contributed by atoms with E-state index in [0.29, 0.717) is 25.7 Å². The highest BCUT2D eigenvalue weighted by Crippen LogP contribution is 2.18. The van der Waals surface area contributed by atoms with Gasteiger partial charge in [-0.1, -0.05) is 30.3 Å². The number of hydrogen-bond donors (Lipinski definition) is 0. The number of hydrogen-bond acceptors (Lipinski definition) is 4. The first-order valence-electron chi connectivity index (χ1n) is 8.08. The van der Waals surface area contributed by atoms with Gasteiger partial charge in [-0.05, 0) is 5.56 Å². The summed E-state index contributed by atoms with van der Waals surface area (Å²) in [6.07, 6.45) is -0.243. The van der Waals surface area contributed by atoms with E-state index in [0.717, 1.165) is 31.7 Å². The number of amides is 2. The molecule has 0 unspecified atom stereocenters. The van der Waals surface area contributed by atoms with Gasteiger partial charge >= 0.3 is 6.09 Å². The van der Waals surface area contributed by atoms with E-state index in [1.165, 1.54) is 0 Å². The molecule has 23 heavy (non-hydrogen) atoms. The third kappa shape index (κ3) is 3.82. The maximum absolute atomic E-state index is 12.0. The predicted octanol–water partition coefficient (Wildman–Crippen LogP) is 1.17. The van der Waals surface area contributed by atoms with Gasteiger partial charge in [0.2, 0.25) is 5.91 Å². The smallest absolute Gasteiger partial charge is 0.410 e. The first-order valence-corrected chi connectivity index (χ1v) is 8.08. The number of nitrogens with zero attached hydrogens (tertiary/aromatic N) is 3. The minimum atomic E-state index is -0.243. The summed E-state index contributed by atoms with van der Waals surface area (Å²) >= 11 is 0. The lowest BCUT2D eigenvalue weighted by atomic mass is 10.1. The van der Waals surface area contributed by atoms with Gasteiger partial charge in [0.25, 0.3) is 0 Å². The summed E-state index contributed by atoms with van der Waals surface area (Å²) in [4.78, 5) is 29.3. The highest BCUT2D eigenvalue weighted by Gasteiger charge is 2.37. The van der Waals surface area contributed by atoms with Crippen LogP contribution in [0, 0.1) is 0 Å². The molecule has 0 aliphatic carbocycles. The second-order valence-corrected chi connectivity index (χ2v) is 6.14. The molecule has 2 saturated heterocycles. The average molecular weight is 317 g/mol. The van der Waals surface area contributed by atoms with Crippen LogP contribution >= 0.6 is 0 Å². The Kier molecular flexibility index (Phi) is 4.81. The van der Waals surface area contributed by atoms with Crippen molar-refractivity contribution in [2.45, 2.75) is 19.6 Å². The number of ether oxygens (including phenoxy) is 1. The quantitative estimate of drug-likeness (QED) is 0.840. The van der Waals surface area contributed by atoms with Crippen LogP contribution in [-0.4, -0.2) is 72.0 Å². The van der Waals surface area contributed by atoms with Gasteiger partial charge in [0.05, 0.1) is 0 Å². The fourth-order valence-corrected chi connectivity index (χ4v) is 3.05. The van der Waals surface area contributed by atoms with Crippen molar-refractivity contribution >= 4 is 12.0 Å². The summed E-state index contributed by atoms with van der Waals surface area (Å²) in [5, 5.41) is 0. The lowest BCUT2D eigenvalue weighted by molar-refractivity contribution is -0.131. The molecule has 124 valence electrons. The maximum Gasteiger partial charge on any atom is 0.410 e. The highest BCUT2D eigenvalue weighted by molar-refractivity contribution is 5.73. The summed E-state index contributed by atoms with van der Waals surface area (Å²) in [5.41, 5.74) is 0.998. The van der Waals surface area contributed by atoms with Gasteiger partial charge in [0, 0.05) is 52.2 Å². The Morgan fingerprint density at radius 2 is 1.70 bits per heavy atom. The molecule has 0 bridgehead atoms. The molecule has 1 aromatic carbocycles.